The van der Waals surface area contributed by atoms with E-state index in [9.17, 15) is 0 Å². The maximum absolute atomic E-state index is 8.35. The first kappa shape index (κ1) is 16.5. The van der Waals surface area contributed by atoms with Crippen molar-refractivity contribution < 1.29 is 7.27 Å². The minimum absolute atomic E-state index is 0. The number of nitriles is 1. The van der Waals surface area contributed by atoms with Crippen molar-refractivity contribution in [1.29, 1.82) is 5.26 Å². The van der Waals surface area contributed by atoms with E-state index < -0.39 is 0 Å². The summed E-state index contributed by atoms with van der Waals surface area (Å²) in [7, 11) is 0. The maximum Gasteiger partial charge on any atom is 0.207 e. The van der Waals surface area contributed by atoms with Crippen molar-refractivity contribution in [3.05, 3.63) is 30.0 Å². The maximum atomic E-state index is 8.35. The predicted octanol–water partition coefficient (Wildman–Crippen LogP) is 3.91. The number of nitrogens with two attached hydrogens (primary N) is 1. The van der Waals surface area contributed by atoms with Gasteiger partial charge in [-0.3, -0.25) is 5.32 Å². The second-order valence-electron chi connectivity index (χ2n) is 3.31. The summed E-state index contributed by atoms with van der Waals surface area (Å²) in [4.78, 5) is 4.03. The number of furan rings is 1. The summed E-state index contributed by atoms with van der Waals surface area (Å²) in [6, 6.07) is 7.36. The zero-order valence-electron chi connectivity index (χ0n) is 10.7. The third-order valence-electron chi connectivity index (χ3n) is 2.06. The van der Waals surface area contributed by atoms with E-state index in [1.807, 2.05) is 39.0 Å². The van der Waals surface area contributed by atoms with Crippen LogP contribution in [0.25, 0.3) is 11.0 Å². The molecule has 0 spiro atoms. The van der Waals surface area contributed by atoms with Gasteiger partial charge in [0.1, 0.15) is 11.3 Å². The van der Waals surface area contributed by atoms with Gasteiger partial charge in [-0.05, 0) is 31.2 Å². The predicted molar refractivity (Wildman–Crippen MR) is 83.3 cm³/mol. The standard InChI is InChI=1S/C11H10N4O.C2H6.CH4.2H2/c1-7-4-8-5-9(2-3-10(8)16-7)15-11(13)14-6-12;1-2;;;/h2-5H,1H3,(H3,13,14,15);1-2H3;1H4;2*1H. The molecule has 3 N–H and O–H groups in total. The molecular formula is C14H24N4O. The molecule has 0 radical (unpaired) electrons. The quantitative estimate of drug-likeness (QED) is 0.354. The van der Waals surface area contributed by atoms with Crippen LogP contribution in [0.2, 0.25) is 0 Å². The van der Waals surface area contributed by atoms with Gasteiger partial charge in [-0.2, -0.15) is 5.26 Å². The van der Waals surface area contributed by atoms with Crippen LogP contribution in [0.15, 0.2) is 33.7 Å². The van der Waals surface area contributed by atoms with E-state index in [-0.39, 0.29) is 16.2 Å². The molecule has 0 fully saturated rings. The van der Waals surface area contributed by atoms with Gasteiger partial charge in [-0.25, -0.2) is 4.99 Å². The molecule has 0 bridgehead atoms. The minimum atomic E-state index is 0. The number of nitrogens with one attached hydrogen (secondary N) is 1. The van der Waals surface area contributed by atoms with E-state index >= 15 is 0 Å². The average molecular weight is 264 g/mol. The molecule has 0 amide bonds. The molecule has 0 saturated carbocycles. The van der Waals surface area contributed by atoms with Crippen LogP contribution in [0.5, 0.6) is 0 Å². The topological polar surface area (TPSA) is 87.3 Å². The van der Waals surface area contributed by atoms with Crippen molar-refractivity contribution in [1.82, 2.24) is 5.32 Å². The first-order chi connectivity index (χ1) is 8.69. The molecule has 0 atom stereocenters. The largest absolute Gasteiger partial charge is 0.461 e. The molecule has 0 aliphatic carbocycles. The Labute approximate surface area is 116 Å². The fourth-order valence-electron chi connectivity index (χ4n) is 1.46. The van der Waals surface area contributed by atoms with Crippen LogP contribution in [-0.4, -0.2) is 5.96 Å². The van der Waals surface area contributed by atoms with E-state index in [0.717, 1.165) is 16.7 Å². The van der Waals surface area contributed by atoms with Crippen molar-refractivity contribution in [3.63, 3.8) is 0 Å². The number of aryl methyl sites for hydroxylation is 1. The van der Waals surface area contributed by atoms with E-state index in [4.69, 9.17) is 15.4 Å². The van der Waals surface area contributed by atoms with Crippen molar-refractivity contribution >= 4 is 22.6 Å². The highest BCUT2D eigenvalue weighted by molar-refractivity contribution is 5.85. The Morgan fingerprint density at radius 3 is 2.74 bits per heavy atom. The van der Waals surface area contributed by atoms with Gasteiger partial charge in [0, 0.05) is 8.24 Å². The fraction of sp³-hybridized carbons (Fsp3) is 0.286. The van der Waals surface area contributed by atoms with Crippen molar-refractivity contribution in [2.75, 3.05) is 0 Å². The Balaban J connectivity index is -0.000000621. The summed E-state index contributed by atoms with van der Waals surface area (Å²) in [5, 5.41) is 11.6. The molecule has 0 aliphatic rings. The molecule has 1 aromatic heterocycles. The van der Waals surface area contributed by atoms with Gasteiger partial charge in [-0.1, -0.05) is 21.3 Å². The first-order valence-corrected chi connectivity index (χ1v) is 5.68. The number of aliphatic imine (C=N–C) groups is 1. The van der Waals surface area contributed by atoms with Crippen LogP contribution in [0, 0.1) is 18.4 Å². The van der Waals surface area contributed by atoms with E-state index in [1.54, 1.807) is 12.3 Å². The van der Waals surface area contributed by atoms with Gasteiger partial charge in [0.15, 0.2) is 6.19 Å². The molecule has 2 aromatic rings. The number of fused-ring (bicyclic) bond motifs is 1. The number of nitrogens with zero attached hydrogens (tertiary/aromatic N) is 2. The van der Waals surface area contributed by atoms with Crippen LogP contribution >= 0.6 is 0 Å². The Morgan fingerprint density at radius 1 is 1.42 bits per heavy atom. The second-order valence-corrected chi connectivity index (χ2v) is 3.31. The Morgan fingerprint density at radius 2 is 2.11 bits per heavy atom. The summed E-state index contributed by atoms with van der Waals surface area (Å²) in [6.07, 6.45) is 1.70. The molecular weight excluding hydrogens is 240 g/mol. The third kappa shape index (κ3) is 4.36. The normalized spacial score (nSPS) is 9.89. The average Bonchev–Trinajstić information content (AvgIpc) is 2.71. The van der Waals surface area contributed by atoms with E-state index in [0.29, 0.717) is 5.69 Å². The monoisotopic (exact) mass is 264 g/mol. The Bertz CT molecular complexity index is 603. The zero-order valence-corrected chi connectivity index (χ0v) is 10.7. The molecule has 106 valence electrons. The lowest BCUT2D eigenvalue weighted by atomic mass is 10.2. The summed E-state index contributed by atoms with van der Waals surface area (Å²) in [5.41, 5.74) is 6.94. The smallest absolute Gasteiger partial charge is 0.207 e. The van der Waals surface area contributed by atoms with Crippen LogP contribution in [-0.2, 0) is 0 Å². The van der Waals surface area contributed by atoms with E-state index in [2.05, 4.69) is 10.3 Å². The summed E-state index contributed by atoms with van der Waals surface area (Å²) < 4.78 is 5.43. The third-order valence-corrected chi connectivity index (χ3v) is 2.06. The lowest BCUT2D eigenvalue weighted by Crippen LogP contribution is -2.26. The summed E-state index contributed by atoms with van der Waals surface area (Å²) in [5.74, 6) is 0.918. The lowest BCUT2D eigenvalue weighted by Gasteiger charge is -1.96. The zero-order chi connectivity index (χ0) is 13.5. The number of rotatable bonds is 1. The molecule has 0 unspecified atom stereocenters. The number of guanidine groups is 1. The number of hydrogen-bond donors (Lipinski definition) is 2. The summed E-state index contributed by atoms with van der Waals surface area (Å²) in [6.45, 7) is 5.88. The molecule has 5 nitrogen and oxygen atoms in total. The lowest BCUT2D eigenvalue weighted by molar-refractivity contribution is 0.578. The molecule has 0 saturated heterocycles. The van der Waals surface area contributed by atoms with Crippen molar-refractivity contribution in [3.8, 4) is 6.19 Å². The molecule has 19 heavy (non-hydrogen) atoms. The van der Waals surface area contributed by atoms with E-state index in [1.165, 1.54) is 0 Å². The van der Waals surface area contributed by atoms with Crippen molar-refractivity contribution in [2.24, 2.45) is 10.7 Å². The highest BCUT2D eigenvalue weighted by atomic mass is 16.3. The van der Waals surface area contributed by atoms with Gasteiger partial charge < -0.3 is 10.2 Å². The molecule has 1 aromatic carbocycles. The molecule has 5 heteroatoms. The molecule has 0 aliphatic heterocycles. The number of hydrogen-bond acceptors (Lipinski definition) is 3. The summed E-state index contributed by atoms with van der Waals surface area (Å²) >= 11 is 0. The van der Waals surface area contributed by atoms with Crippen molar-refractivity contribution in [2.45, 2.75) is 28.2 Å². The van der Waals surface area contributed by atoms with Gasteiger partial charge in [0.25, 0.3) is 0 Å². The van der Waals surface area contributed by atoms with Gasteiger partial charge in [0.05, 0.1) is 5.69 Å². The van der Waals surface area contributed by atoms with Gasteiger partial charge in [0.2, 0.25) is 5.96 Å². The fourth-order valence-corrected chi connectivity index (χ4v) is 1.46. The van der Waals surface area contributed by atoms with Crippen LogP contribution < -0.4 is 11.1 Å². The van der Waals surface area contributed by atoms with Crippen LogP contribution in [0.1, 0.15) is 29.9 Å². The highest BCUT2D eigenvalue weighted by Gasteiger charge is 2.01. The minimum Gasteiger partial charge on any atom is -0.461 e. The van der Waals surface area contributed by atoms with Gasteiger partial charge >= 0.3 is 0 Å². The van der Waals surface area contributed by atoms with Crippen LogP contribution in [0.4, 0.5) is 5.69 Å². The molecule has 1 heterocycles. The van der Waals surface area contributed by atoms with Crippen LogP contribution in [0.3, 0.4) is 0 Å². The molecule has 2 rings (SSSR count). The Hall–Kier alpha value is -2.48. The highest BCUT2D eigenvalue weighted by Crippen LogP contribution is 2.23. The number of benzene rings is 1. The second kappa shape index (κ2) is 7.77. The SMILES string of the molecule is C.CC.Cc1cc2cc(N=C(N)NC#N)ccc2o1.[HH].[HH]. The first-order valence-electron chi connectivity index (χ1n) is 5.68. The van der Waals surface area contributed by atoms with Gasteiger partial charge in [-0.15, -0.1) is 0 Å². The Kier molecular flexibility index (Phi) is 6.76.